The number of ether oxygens (including phenoxy) is 2. The molecule has 2 aromatic carbocycles. The number of hydrogen-bond donors (Lipinski definition) is 1. The molecule has 1 saturated carbocycles. The molecule has 3 rings (SSSR count). The first kappa shape index (κ1) is 23.7. The van der Waals surface area contributed by atoms with Gasteiger partial charge in [-0.05, 0) is 49.6 Å². The van der Waals surface area contributed by atoms with E-state index in [9.17, 15) is 0 Å². The molecule has 0 atom stereocenters. The molecule has 0 aliphatic heterocycles. The second-order valence-corrected chi connectivity index (χ2v) is 9.47. The highest BCUT2D eigenvalue weighted by Crippen LogP contribution is 2.35. The summed E-state index contributed by atoms with van der Waals surface area (Å²) in [4.78, 5) is 0. The summed E-state index contributed by atoms with van der Waals surface area (Å²) in [7, 11) is 0. The maximum Gasteiger partial charge on any atom is 0.162 e. The Kier molecular flexibility index (Phi) is 9.64. The molecule has 0 saturated heterocycles. The predicted octanol–water partition coefficient (Wildman–Crippen LogP) is 7.94. The molecule has 0 heterocycles. The van der Waals surface area contributed by atoms with E-state index in [-0.39, 0.29) is 0 Å². The van der Waals surface area contributed by atoms with Gasteiger partial charge in [0, 0.05) is 32.7 Å². The fourth-order valence-corrected chi connectivity index (χ4v) is 4.73. The molecule has 164 valence electrons. The lowest BCUT2D eigenvalue weighted by Crippen LogP contribution is -2.29. The standard InChI is InChI=1S/C24H30BrCl2NO2/c1-2-29-23-12-18(15-28-20-8-6-4-3-5-7-9-20)21(25)14-24(23)30-16-17-10-11-19(26)13-22(17)27/h10-14,20,28H,2-9,15-16H2,1H3. The number of halogens is 3. The first-order chi connectivity index (χ1) is 14.6. The largest absolute Gasteiger partial charge is 0.490 e. The number of rotatable bonds is 8. The zero-order valence-electron chi connectivity index (χ0n) is 17.5. The van der Waals surface area contributed by atoms with Crippen molar-refractivity contribution in [2.24, 2.45) is 0 Å². The molecule has 1 fully saturated rings. The molecule has 0 radical (unpaired) electrons. The number of nitrogens with one attached hydrogen (secondary N) is 1. The van der Waals surface area contributed by atoms with Crippen LogP contribution < -0.4 is 14.8 Å². The molecule has 6 heteroatoms. The van der Waals surface area contributed by atoms with Crippen molar-refractivity contribution in [3.63, 3.8) is 0 Å². The first-order valence-corrected chi connectivity index (χ1v) is 12.4. The summed E-state index contributed by atoms with van der Waals surface area (Å²) in [6, 6.07) is 10.1. The Morgan fingerprint density at radius 2 is 1.63 bits per heavy atom. The molecule has 0 spiro atoms. The van der Waals surface area contributed by atoms with E-state index >= 15 is 0 Å². The maximum absolute atomic E-state index is 6.28. The van der Waals surface area contributed by atoms with Gasteiger partial charge in [0.2, 0.25) is 0 Å². The van der Waals surface area contributed by atoms with Gasteiger partial charge in [0.15, 0.2) is 11.5 Å². The number of hydrogen-bond acceptors (Lipinski definition) is 3. The molecule has 1 aliphatic rings. The topological polar surface area (TPSA) is 30.5 Å². The van der Waals surface area contributed by atoms with Gasteiger partial charge in [0.25, 0.3) is 0 Å². The Balaban J connectivity index is 1.68. The van der Waals surface area contributed by atoms with Crippen molar-refractivity contribution >= 4 is 39.1 Å². The van der Waals surface area contributed by atoms with Crippen LogP contribution in [0, 0.1) is 0 Å². The van der Waals surface area contributed by atoms with Crippen LogP contribution in [0.15, 0.2) is 34.8 Å². The van der Waals surface area contributed by atoms with Crippen LogP contribution >= 0.6 is 39.1 Å². The van der Waals surface area contributed by atoms with Crippen LogP contribution in [-0.2, 0) is 13.2 Å². The van der Waals surface area contributed by atoms with E-state index in [1.807, 2.05) is 25.1 Å². The highest BCUT2D eigenvalue weighted by atomic mass is 79.9. The Labute approximate surface area is 198 Å². The molecular formula is C24H30BrCl2NO2. The van der Waals surface area contributed by atoms with Gasteiger partial charge < -0.3 is 14.8 Å². The van der Waals surface area contributed by atoms with Gasteiger partial charge in [-0.1, -0.05) is 77.3 Å². The van der Waals surface area contributed by atoms with Crippen LogP contribution in [0.5, 0.6) is 11.5 Å². The van der Waals surface area contributed by atoms with E-state index in [0.717, 1.165) is 22.3 Å². The van der Waals surface area contributed by atoms with Gasteiger partial charge in [-0.15, -0.1) is 0 Å². The molecular weight excluding hydrogens is 485 g/mol. The van der Waals surface area contributed by atoms with E-state index in [4.69, 9.17) is 32.7 Å². The normalized spacial score (nSPS) is 15.5. The molecule has 30 heavy (non-hydrogen) atoms. The molecule has 0 bridgehead atoms. The molecule has 0 amide bonds. The quantitative estimate of drug-likeness (QED) is 0.387. The Bertz CT molecular complexity index is 823. The second-order valence-electron chi connectivity index (χ2n) is 7.77. The minimum atomic E-state index is 0.349. The van der Waals surface area contributed by atoms with Crippen LogP contribution in [0.3, 0.4) is 0 Å². The summed E-state index contributed by atoms with van der Waals surface area (Å²) in [5.41, 5.74) is 2.06. The lowest BCUT2D eigenvalue weighted by atomic mass is 9.96. The zero-order valence-corrected chi connectivity index (χ0v) is 20.6. The van der Waals surface area contributed by atoms with Crippen molar-refractivity contribution in [3.8, 4) is 11.5 Å². The van der Waals surface area contributed by atoms with Crippen molar-refractivity contribution in [3.05, 3.63) is 56.0 Å². The van der Waals surface area contributed by atoms with E-state index in [2.05, 4.69) is 27.3 Å². The molecule has 0 unspecified atom stereocenters. The van der Waals surface area contributed by atoms with E-state index in [1.165, 1.54) is 50.5 Å². The zero-order chi connectivity index (χ0) is 21.3. The summed E-state index contributed by atoms with van der Waals surface area (Å²) in [6.07, 6.45) is 9.28. The summed E-state index contributed by atoms with van der Waals surface area (Å²) in [6.45, 7) is 3.72. The summed E-state index contributed by atoms with van der Waals surface area (Å²) >= 11 is 16.0. The minimum absolute atomic E-state index is 0.349. The molecule has 1 N–H and O–H groups in total. The van der Waals surface area contributed by atoms with Crippen molar-refractivity contribution in [1.29, 1.82) is 0 Å². The van der Waals surface area contributed by atoms with Crippen molar-refractivity contribution in [2.45, 2.75) is 71.1 Å². The molecule has 1 aliphatic carbocycles. The smallest absolute Gasteiger partial charge is 0.162 e. The Hall–Kier alpha value is -0.940. The highest BCUT2D eigenvalue weighted by molar-refractivity contribution is 9.10. The third kappa shape index (κ3) is 7.05. The Morgan fingerprint density at radius 1 is 0.933 bits per heavy atom. The minimum Gasteiger partial charge on any atom is -0.490 e. The first-order valence-electron chi connectivity index (χ1n) is 10.8. The lowest BCUT2D eigenvalue weighted by Gasteiger charge is -2.22. The number of benzene rings is 2. The van der Waals surface area contributed by atoms with Crippen LogP contribution in [0.2, 0.25) is 10.0 Å². The fourth-order valence-electron chi connectivity index (χ4n) is 3.80. The van der Waals surface area contributed by atoms with E-state index < -0.39 is 0 Å². The average molecular weight is 515 g/mol. The van der Waals surface area contributed by atoms with Crippen molar-refractivity contribution < 1.29 is 9.47 Å². The van der Waals surface area contributed by atoms with E-state index in [0.29, 0.717) is 35.1 Å². The highest BCUT2D eigenvalue weighted by Gasteiger charge is 2.15. The molecule has 0 aromatic heterocycles. The maximum atomic E-state index is 6.28. The van der Waals surface area contributed by atoms with Crippen LogP contribution in [0.4, 0.5) is 0 Å². The SMILES string of the molecule is CCOc1cc(CNC2CCCCCCC2)c(Br)cc1OCc1ccc(Cl)cc1Cl. The molecule has 2 aromatic rings. The fraction of sp³-hybridized carbons (Fsp3) is 0.500. The van der Waals surface area contributed by atoms with Crippen LogP contribution in [0.1, 0.15) is 63.0 Å². The third-order valence-corrected chi connectivity index (χ3v) is 6.82. The summed E-state index contributed by atoms with van der Waals surface area (Å²) in [5, 5.41) is 4.96. The lowest BCUT2D eigenvalue weighted by molar-refractivity contribution is 0.268. The Morgan fingerprint density at radius 3 is 2.33 bits per heavy atom. The van der Waals surface area contributed by atoms with E-state index in [1.54, 1.807) is 6.07 Å². The summed E-state index contributed by atoms with van der Waals surface area (Å²) < 4.78 is 12.9. The van der Waals surface area contributed by atoms with Gasteiger partial charge in [-0.2, -0.15) is 0 Å². The van der Waals surface area contributed by atoms with Gasteiger partial charge >= 0.3 is 0 Å². The van der Waals surface area contributed by atoms with Gasteiger partial charge in [0.1, 0.15) is 6.61 Å². The molecule has 3 nitrogen and oxygen atoms in total. The second kappa shape index (κ2) is 12.2. The van der Waals surface area contributed by atoms with Gasteiger partial charge in [-0.3, -0.25) is 0 Å². The predicted molar refractivity (Wildman–Crippen MR) is 129 cm³/mol. The van der Waals surface area contributed by atoms with Crippen LogP contribution in [-0.4, -0.2) is 12.6 Å². The van der Waals surface area contributed by atoms with Gasteiger partial charge in [-0.25, -0.2) is 0 Å². The van der Waals surface area contributed by atoms with Gasteiger partial charge in [0.05, 0.1) is 6.61 Å². The third-order valence-electron chi connectivity index (χ3n) is 5.50. The van der Waals surface area contributed by atoms with Crippen molar-refractivity contribution in [1.82, 2.24) is 5.32 Å². The monoisotopic (exact) mass is 513 g/mol. The van der Waals surface area contributed by atoms with Crippen LogP contribution in [0.25, 0.3) is 0 Å². The summed E-state index contributed by atoms with van der Waals surface area (Å²) in [5.74, 6) is 1.45. The average Bonchev–Trinajstić information content (AvgIpc) is 2.69. The van der Waals surface area contributed by atoms with Crippen molar-refractivity contribution in [2.75, 3.05) is 6.61 Å².